The minimum atomic E-state index is -0.818. The molecule has 0 bridgehead atoms. The van der Waals surface area contributed by atoms with Crippen LogP contribution in [0.25, 0.3) is 0 Å². The summed E-state index contributed by atoms with van der Waals surface area (Å²) in [4.78, 5) is 27.0. The monoisotopic (exact) mass is 452 g/mol. The number of fused-ring (bicyclic) bond motifs is 1. The molecule has 1 saturated carbocycles. The largest absolute Gasteiger partial charge is 0.504 e. The maximum Gasteiger partial charge on any atom is 0.254 e. The van der Waals surface area contributed by atoms with E-state index in [1.54, 1.807) is 36.4 Å². The van der Waals surface area contributed by atoms with E-state index in [2.05, 4.69) is 5.32 Å². The summed E-state index contributed by atoms with van der Waals surface area (Å²) in [6.07, 6.45) is 4.06. The zero-order chi connectivity index (χ0) is 23.6. The van der Waals surface area contributed by atoms with Crippen molar-refractivity contribution in [2.45, 2.75) is 57.6 Å². The van der Waals surface area contributed by atoms with E-state index in [1.807, 2.05) is 17.9 Å². The van der Waals surface area contributed by atoms with Crippen molar-refractivity contribution in [2.75, 3.05) is 18.5 Å². The van der Waals surface area contributed by atoms with E-state index in [0.717, 1.165) is 31.2 Å². The van der Waals surface area contributed by atoms with Gasteiger partial charge in [-0.05, 0) is 62.1 Å². The number of aliphatic hydroxyl groups is 1. The highest BCUT2D eigenvalue weighted by molar-refractivity contribution is 5.97. The molecule has 1 saturated heterocycles. The highest BCUT2D eigenvalue weighted by Gasteiger charge is 2.50. The minimum Gasteiger partial charge on any atom is -0.504 e. The number of phenols is 1. The summed E-state index contributed by atoms with van der Waals surface area (Å²) in [7, 11) is 0. The molecule has 2 aliphatic rings. The van der Waals surface area contributed by atoms with Gasteiger partial charge < -0.3 is 25.2 Å². The van der Waals surface area contributed by atoms with Crippen LogP contribution >= 0.6 is 0 Å². The molecule has 2 aromatic rings. The lowest BCUT2D eigenvalue weighted by Crippen LogP contribution is -2.56. The molecule has 0 aromatic heterocycles. The summed E-state index contributed by atoms with van der Waals surface area (Å²) in [6.45, 7) is 4.11. The number of nitrogens with one attached hydrogen (secondary N) is 1. The Labute approximate surface area is 194 Å². The first kappa shape index (κ1) is 23.1. The molecular weight excluding hydrogens is 420 g/mol. The number of carbonyl (C=O) groups excluding carboxylic acids is 2. The maximum atomic E-state index is 13.7. The number of anilines is 1. The molecule has 1 aliphatic heterocycles. The lowest BCUT2D eigenvalue weighted by Gasteiger charge is -2.52. The van der Waals surface area contributed by atoms with E-state index < -0.39 is 5.60 Å². The summed E-state index contributed by atoms with van der Waals surface area (Å²) in [6, 6.07) is 11.8. The fourth-order valence-electron chi connectivity index (χ4n) is 5.41. The van der Waals surface area contributed by atoms with Crippen molar-refractivity contribution in [1.82, 2.24) is 4.90 Å². The van der Waals surface area contributed by atoms with E-state index in [9.17, 15) is 19.8 Å². The van der Waals surface area contributed by atoms with Crippen molar-refractivity contribution in [3.8, 4) is 11.5 Å². The molecule has 0 unspecified atom stereocenters. The van der Waals surface area contributed by atoms with Gasteiger partial charge in [-0.25, -0.2) is 0 Å². The third-order valence-corrected chi connectivity index (χ3v) is 6.88. The number of likely N-dealkylation sites (tertiary alicyclic amines) is 1. The zero-order valence-electron chi connectivity index (χ0n) is 19.2. The molecule has 7 nitrogen and oxygen atoms in total. The van der Waals surface area contributed by atoms with Crippen LogP contribution in [0.2, 0.25) is 0 Å². The van der Waals surface area contributed by atoms with Crippen LogP contribution in [0.3, 0.4) is 0 Å². The van der Waals surface area contributed by atoms with E-state index >= 15 is 0 Å². The van der Waals surface area contributed by atoms with Gasteiger partial charge in [0.05, 0.1) is 18.2 Å². The highest BCUT2D eigenvalue weighted by Crippen LogP contribution is 2.50. The molecule has 3 atom stereocenters. The highest BCUT2D eigenvalue weighted by atomic mass is 16.5. The number of hydrogen-bond donors (Lipinski definition) is 3. The van der Waals surface area contributed by atoms with E-state index in [0.29, 0.717) is 36.6 Å². The number of amides is 2. The van der Waals surface area contributed by atoms with Gasteiger partial charge in [0.25, 0.3) is 5.91 Å². The van der Waals surface area contributed by atoms with Crippen molar-refractivity contribution in [3.05, 3.63) is 53.6 Å². The summed E-state index contributed by atoms with van der Waals surface area (Å²) >= 11 is 0. The smallest absolute Gasteiger partial charge is 0.254 e. The number of aromatic hydroxyl groups is 1. The third kappa shape index (κ3) is 4.69. The molecule has 7 heteroatoms. The molecular formula is C26H32N2O5. The Morgan fingerprint density at radius 3 is 2.76 bits per heavy atom. The predicted octanol–water partition coefficient (Wildman–Crippen LogP) is 4.26. The molecule has 176 valence electrons. The molecule has 0 spiro atoms. The quantitative estimate of drug-likeness (QED) is 0.630. The summed E-state index contributed by atoms with van der Waals surface area (Å²) < 4.78 is 5.61. The number of rotatable bonds is 5. The molecule has 1 heterocycles. The summed E-state index contributed by atoms with van der Waals surface area (Å²) in [5.74, 6) is -0.0289. The van der Waals surface area contributed by atoms with Crippen LogP contribution in [0.5, 0.6) is 11.5 Å². The SMILES string of the molecule is CCOc1cc([C@@H]2[C@@H]3CCCC[C@@]3(O)CCN2C(=O)c2cccc(NC(C)=O)c2)ccc1O. The van der Waals surface area contributed by atoms with Crippen molar-refractivity contribution in [3.63, 3.8) is 0 Å². The van der Waals surface area contributed by atoms with Crippen molar-refractivity contribution >= 4 is 17.5 Å². The van der Waals surface area contributed by atoms with E-state index in [4.69, 9.17) is 4.74 Å². The molecule has 0 radical (unpaired) electrons. The average Bonchev–Trinajstić information content (AvgIpc) is 2.79. The number of hydrogen-bond acceptors (Lipinski definition) is 5. The van der Waals surface area contributed by atoms with Crippen molar-refractivity contribution < 1.29 is 24.5 Å². The average molecular weight is 453 g/mol. The molecule has 3 N–H and O–H groups in total. The van der Waals surface area contributed by atoms with Crippen LogP contribution < -0.4 is 10.1 Å². The Hall–Kier alpha value is -3.06. The fraction of sp³-hybridized carbons (Fsp3) is 0.462. The standard InChI is InChI=1S/C26H32N2O5/c1-3-33-23-16-18(10-11-22(23)30)24-21-9-4-5-12-26(21,32)13-14-28(24)25(31)19-7-6-8-20(15-19)27-17(2)29/h6-8,10-11,15-16,21,24,30,32H,3-5,9,12-14H2,1-2H3,(H,27,29)/t21-,24+,26+/m0/s1. The van der Waals surface area contributed by atoms with Gasteiger partial charge in [0, 0.05) is 30.6 Å². The first-order valence-corrected chi connectivity index (χ1v) is 11.7. The Bertz CT molecular complexity index is 1040. The molecule has 33 heavy (non-hydrogen) atoms. The van der Waals surface area contributed by atoms with Crippen LogP contribution in [0, 0.1) is 5.92 Å². The lowest BCUT2D eigenvalue weighted by molar-refractivity contribution is -0.115. The van der Waals surface area contributed by atoms with Crippen LogP contribution in [0.4, 0.5) is 5.69 Å². The number of carbonyl (C=O) groups is 2. The number of benzene rings is 2. The van der Waals surface area contributed by atoms with Crippen molar-refractivity contribution in [1.29, 1.82) is 0 Å². The van der Waals surface area contributed by atoms with Gasteiger partial charge in [-0.1, -0.05) is 25.0 Å². The fourth-order valence-corrected chi connectivity index (χ4v) is 5.41. The van der Waals surface area contributed by atoms with Gasteiger partial charge in [0.15, 0.2) is 11.5 Å². The third-order valence-electron chi connectivity index (χ3n) is 6.88. The normalized spacial score (nSPS) is 24.6. The first-order chi connectivity index (χ1) is 15.8. The maximum absolute atomic E-state index is 13.7. The Kier molecular flexibility index (Phi) is 6.61. The number of nitrogens with zero attached hydrogens (tertiary/aromatic N) is 1. The Balaban J connectivity index is 1.74. The molecule has 4 rings (SSSR count). The minimum absolute atomic E-state index is 0.0520. The van der Waals surface area contributed by atoms with Gasteiger partial charge in [-0.15, -0.1) is 0 Å². The summed E-state index contributed by atoms with van der Waals surface area (Å²) in [5.41, 5.74) is 1.07. The van der Waals surface area contributed by atoms with Crippen LogP contribution in [-0.2, 0) is 4.79 Å². The summed E-state index contributed by atoms with van der Waals surface area (Å²) in [5, 5.41) is 24.4. The number of ether oxygens (including phenoxy) is 1. The second-order valence-corrected chi connectivity index (χ2v) is 9.07. The molecule has 2 aromatic carbocycles. The molecule has 1 aliphatic carbocycles. The molecule has 2 fully saturated rings. The number of piperidine rings is 1. The van der Waals surface area contributed by atoms with Gasteiger partial charge >= 0.3 is 0 Å². The van der Waals surface area contributed by atoms with Crippen molar-refractivity contribution in [2.24, 2.45) is 5.92 Å². The lowest BCUT2D eigenvalue weighted by atomic mass is 9.66. The van der Waals surface area contributed by atoms with Gasteiger partial charge in [-0.3, -0.25) is 9.59 Å². The van der Waals surface area contributed by atoms with E-state index in [-0.39, 0.29) is 29.5 Å². The van der Waals surface area contributed by atoms with Gasteiger partial charge in [-0.2, -0.15) is 0 Å². The van der Waals surface area contributed by atoms with Crippen LogP contribution in [0.1, 0.15) is 67.9 Å². The Morgan fingerprint density at radius 1 is 1.18 bits per heavy atom. The Morgan fingerprint density at radius 2 is 2.00 bits per heavy atom. The second-order valence-electron chi connectivity index (χ2n) is 9.07. The van der Waals surface area contributed by atoms with Crippen LogP contribution in [0.15, 0.2) is 42.5 Å². The van der Waals surface area contributed by atoms with E-state index in [1.165, 1.54) is 6.92 Å². The van der Waals surface area contributed by atoms with Gasteiger partial charge in [0.1, 0.15) is 0 Å². The van der Waals surface area contributed by atoms with Crippen LogP contribution in [-0.4, -0.2) is 45.7 Å². The molecule has 2 amide bonds. The first-order valence-electron chi connectivity index (χ1n) is 11.7. The van der Waals surface area contributed by atoms with Gasteiger partial charge in [0.2, 0.25) is 5.91 Å². The predicted molar refractivity (Wildman–Crippen MR) is 125 cm³/mol. The number of phenolic OH excluding ortho intramolecular Hbond substituents is 1. The zero-order valence-corrected chi connectivity index (χ0v) is 19.2. The second kappa shape index (κ2) is 9.43. The topological polar surface area (TPSA) is 99.1 Å².